The Morgan fingerprint density at radius 1 is 1.00 bits per heavy atom. The summed E-state index contributed by atoms with van der Waals surface area (Å²) < 4.78 is 0. The van der Waals surface area contributed by atoms with Crippen LogP contribution in [0.5, 0.6) is 0 Å². The van der Waals surface area contributed by atoms with E-state index < -0.39 is 29.6 Å². The zero-order valence-corrected chi connectivity index (χ0v) is 21.5. The van der Waals surface area contributed by atoms with E-state index >= 15 is 0 Å². The van der Waals surface area contributed by atoms with Crippen molar-refractivity contribution in [2.45, 2.75) is 36.1 Å². The van der Waals surface area contributed by atoms with E-state index in [1.54, 1.807) is 24.3 Å². The zero-order valence-electron chi connectivity index (χ0n) is 19.2. The molecule has 6 nitrogen and oxygen atoms in total. The molecule has 188 valence electrons. The van der Waals surface area contributed by atoms with Crippen LogP contribution in [0.2, 0.25) is 15.1 Å². The van der Waals surface area contributed by atoms with E-state index in [9.17, 15) is 14.7 Å². The van der Waals surface area contributed by atoms with Gasteiger partial charge in [-0.25, -0.2) is 0 Å². The molecule has 4 rings (SSSR count). The van der Waals surface area contributed by atoms with Crippen molar-refractivity contribution >= 4 is 47.0 Å². The van der Waals surface area contributed by atoms with Crippen LogP contribution in [-0.2, 0) is 15.1 Å². The molecule has 0 aromatic heterocycles. The van der Waals surface area contributed by atoms with Crippen LogP contribution in [0.4, 0.5) is 0 Å². The fraction of sp³-hybridized carbons (Fsp3) is 0.259. The third-order valence-corrected chi connectivity index (χ3v) is 7.31. The SMILES string of the molecule is NC1(c2ccc(Cl)cc2)[C@H](c2cccc(Cl)c2)N[C@@H](C(=O)NCCC(O)C=O)[C@@H]1c1cccc(Cl)c1. The Hall–Kier alpha value is -2.45. The second-order valence-corrected chi connectivity index (χ2v) is 10.2. The van der Waals surface area contributed by atoms with Gasteiger partial charge in [0.15, 0.2) is 0 Å². The number of halogens is 3. The summed E-state index contributed by atoms with van der Waals surface area (Å²) in [6, 6.07) is 20.6. The van der Waals surface area contributed by atoms with Crippen molar-refractivity contribution in [3.8, 4) is 0 Å². The maximum Gasteiger partial charge on any atom is 0.237 e. The number of benzene rings is 3. The van der Waals surface area contributed by atoms with Gasteiger partial charge in [0.1, 0.15) is 12.4 Å². The molecule has 2 unspecified atom stereocenters. The highest BCUT2D eigenvalue weighted by atomic mass is 35.5. The van der Waals surface area contributed by atoms with E-state index in [-0.39, 0.29) is 18.9 Å². The number of aldehydes is 1. The van der Waals surface area contributed by atoms with Gasteiger partial charge < -0.3 is 21.0 Å². The van der Waals surface area contributed by atoms with Crippen LogP contribution >= 0.6 is 34.8 Å². The molecule has 1 saturated heterocycles. The lowest BCUT2D eigenvalue weighted by molar-refractivity contribution is -0.123. The Kier molecular flexibility index (Phi) is 8.35. The van der Waals surface area contributed by atoms with E-state index in [1.807, 2.05) is 48.5 Å². The molecular weight excluding hydrogens is 521 g/mol. The maximum absolute atomic E-state index is 13.5. The lowest BCUT2D eigenvalue weighted by Gasteiger charge is -2.38. The molecular formula is C27H26Cl3N3O3. The Morgan fingerprint density at radius 3 is 2.22 bits per heavy atom. The smallest absolute Gasteiger partial charge is 0.237 e. The molecule has 0 spiro atoms. The van der Waals surface area contributed by atoms with E-state index in [0.717, 1.165) is 16.7 Å². The summed E-state index contributed by atoms with van der Waals surface area (Å²) >= 11 is 18.9. The summed E-state index contributed by atoms with van der Waals surface area (Å²) in [4.78, 5) is 24.3. The van der Waals surface area contributed by atoms with Gasteiger partial charge in [0.05, 0.1) is 17.6 Å². The van der Waals surface area contributed by atoms with Crippen molar-refractivity contribution in [2.24, 2.45) is 5.73 Å². The summed E-state index contributed by atoms with van der Waals surface area (Å²) in [7, 11) is 0. The molecule has 9 heteroatoms. The molecule has 5 N–H and O–H groups in total. The number of hydrogen-bond acceptors (Lipinski definition) is 5. The van der Waals surface area contributed by atoms with Crippen LogP contribution in [0, 0.1) is 0 Å². The minimum Gasteiger partial charge on any atom is -0.386 e. The second kappa shape index (κ2) is 11.3. The average molecular weight is 547 g/mol. The summed E-state index contributed by atoms with van der Waals surface area (Å²) in [5.41, 5.74) is 8.62. The topological polar surface area (TPSA) is 104 Å². The second-order valence-electron chi connectivity index (χ2n) is 8.89. The molecule has 0 bridgehead atoms. The number of rotatable bonds is 8. The number of hydrogen-bond donors (Lipinski definition) is 4. The maximum atomic E-state index is 13.5. The largest absolute Gasteiger partial charge is 0.386 e. The molecule has 1 fully saturated rings. The zero-order chi connectivity index (χ0) is 25.9. The predicted octanol–water partition coefficient (Wildman–Crippen LogP) is 4.36. The first kappa shape index (κ1) is 26.6. The molecule has 36 heavy (non-hydrogen) atoms. The van der Waals surface area contributed by atoms with Crippen LogP contribution in [0.25, 0.3) is 0 Å². The molecule has 0 radical (unpaired) electrons. The van der Waals surface area contributed by atoms with Crippen molar-refractivity contribution in [1.82, 2.24) is 10.6 Å². The first-order valence-corrected chi connectivity index (χ1v) is 12.6. The number of nitrogens with one attached hydrogen (secondary N) is 2. The number of carbonyl (C=O) groups excluding carboxylic acids is 2. The first-order chi connectivity index (χ1) is 17.2. The molecule has 1 amide bonds. The Labute approximate surface area is 224 Å². The summed E-state index contributed by atoms with van der Waals surface area (Å²) in [5, 5.41) is 17.5. The van der Waals surface area contributed by atoms with Crippen LogP contribution in [-0.4, -0.2) is 36.0 Å². The van der Waals surface area contributed by atoms with Crippen molar-refractivity contribution in [3.63, 3.8) is 0 Å². The Balaban J connectivity index is 1.84. The van der Waals surface area contributed by atoms with Gasteiger partial charge in [-0.3, -0.25) is 10.1 Å². The highest BCUT2D eigenvalue weighted by Gasteiger charge is 2.56. The molecule has 3 aromatic rings. The number of carbonyl (C=O) groups is 2. The molecule has 1 heterocycles. The third kappa shape index (κ3) is 5.44. The number of amides is 1. The lowest BCUT2D eigenvalue weighted by Crippen LogP contribution is -2.48. The van der Waals surface area contributed by atoms with Crippen molar-refractivity contribution in [1.29, 1.82) is 0 Å². The van der Waals surface area contributed by atoms with Gasteiger partial charge in [-0.1, -0.05) is 71.2 Å². The Morgan fingerprint density at radius 2 is 1.61 bits per heavy atom. The lowest BCUT2D eigenvalue weighted by atomic mass is 9.70. The molecule has 3 aromatic carbocycles. The van der Waals surface area contributed by atoms with Gasteiger partial charge in [-0.2, -0.15) is 0 Å². The van der Waals surface area contributed by atoms with Crippen LogP contribution < -0.4 is 16.4 Å². The average Bonchev–Trinajstić information content (AvgIpc) is 3.18. The number of aliphatic hydroxyl groups excluding tert-OH is 1. The van der Waals surface area contributed by atoms with E-state index in [0.29, 0.717) is 21.4 Å². The third-order valence-electron chi connectivity index (χ3n) is 6.58. The molecule has 1 aliphatic heterocycles. The monoisotopic (exact) mass is 545 g/mol. The van der Waals surface area contributed by atoms with E-state index in [1.165, 1.54) is 0 Å². The highest BCUT2D eigenvalue weighted by Crippen LogP contribution is 2.51. The van der Waals surface area contributed by atoms with Crippen molar-refractivity contribution in [2.75, 3.05) is 6.54 Å². The van der Waals surface area contributed by atoms with Gasteiger partial charge in [-0.15, -0.1) is 0 Å². The van der Waals surface area contributed by atoms with Gasteiger partial charge in [-0.05, 0) is 59.5 Å². The van der Waals surface area contributed by atoms with Gasteiger partial charge >= 0.3 is 0 Å². The summed E-state index contributed by atoms with van der Waals surface area (Å²) in [6.07, 6.45) is -0.602. The summed E-state index contributed by atoms with van der Waals surface area (Å²) in [5.74, 6) is -0.858. The number of nitrogens with two attached hydrogens (primary N) is 1. The summed E-state index contributed by atoms with van der Waals surface area (Å²) in [6.45, 7) is 0.125. The molecule has 0 saturated carbocycles. The number of aliphatic hydroxyl groups is 1. The van der Waals surface area contributed by atoms with Crippen LogP contribution in [0.3, 0.4) is 0 Å². The quantitative estimate of drug-likeness (QED) is 0.314. The van der Waals surface area contributed by atoms with E-state index in [2.05, 4.69) is 10.6 Å². The fourth-order valence-corrected chi connectivity index (χ4v) is 5.45. The van der Waals surface area contributed by atoms with Crippen LogP contribution in [0.15, 0.2) is 72.8 Å². The van der Waals surface area contributed by atoms with Gasteiger partial charge in [0, 0.05) is 27.5 Å². The van der Waals surface area contributed by atoms with Gasteiger partial charge in [0.25, 0.3) is 0 Å². The van der Waals surface area contributed by atoms with Crippen molar-refractivity contribution < 1.29 is 14.7 Å². The van der Waals surface area contributed by atoms with Crippen molar-refractivity contribution in [3.05, 3.63) is 105 Å². The standard InChI is InChI=1S/C27H26Cl3N3O3/c28-19-9-7-18(8-10-19)27(31)23(16-3-1-5-20(29)13-16)24(26(36)32-12-11-22(35)15-34)33-25(27)17-4-2-6-21(30)14-17/h1-10,13-15,22-25,33,35H,11-12,31H2,(H,32,36)/t22?,23-,24+,25-,27?/m0/s1. The minimum absolute atomic E-state index is 0.104. The highest BCUT2D eigenvalue weighted by molar-refractivity contribution is 6.31. The fourth-order valence-electron chi connectivity index (χ4n) is 4.93. The predicted molar refractivity (Wildman–Crippen MR) is 142 cm³/mol. The normalized spacial score (nSPS) is 24.3. The van der Waals surface area contributed by atoms with Crippen LogP contribution in [0.1, 0.15) is 35.1 Å². The first-order valence-electron chi connectivity index (χ1n) is 11.5. The molecule has 1 aliphatic rings. The Bertz CT molecular complexity index is 1240. The molecule has 5 atom stereocenters. The minimum atomic E-state index is -1.15. The van der Waals surface area contributed by atoms with E-state index in [4.69, 9.17) is 40.5 Å². The van der Waals surface area contributed by atoms with Gasteiger partial charge in [0.2, 0.25) is 5.91 Å². The molecule has 0 aliphatic carbocycles.